The van der Waals surface area contributed by atoms with Gasteiger partial charge in [0.2, 0.25) is 10.0 Å². The van der Waals surface area contributed by atoms with Crippen LogP contribution >= 0.6 is 11.6 Å². The van der Waals surface area contributed by atoms with Gasteiger partial charge in [-0.1, -0.05) is 38.0 Å². The van der Waals surface area contributed by atoms with Crippen LogP contribution in [0.1, 0.15) is 32.6 Å². The summed E-state index contributed by atoms with van der Waals surface area (Å²) < 4.78 is 27.0. The third-order valence-electron chi connectivity index (χ3n) is 2.74. The molecule has 1 aromatic carbocycles. The first-order chi connectivity index (χ1) is 8.60. The predicted molar refractivity (Wildman–Crippen MR) is 75.4 cm³/mol. The smallest absolute Gasteiger partial charge is 0.208 e. The van der Waals surface area contributed by atoms with Crippen molar-refractivity contribution in [1.82, 2.24) is 4.72 Å². The quantitative estimate of drug-likeness (QED) is 0.747. The Morgan fingerprint density at radius 1 is 1.22 bits per heavy atom. The maximum atomic E-state index is 12.1. The van der Waals surface area contributed by atoms with Gasteiger partial charge in [-0.15, -0.1) is 11.6 Å². The summed E-state index contributed by atoms with van der Waals surface area (Å²) in [7, 11) is -3.42. The minimum absolute atomic E-state index is 0.0762. The molecule has 0 radical (unpaired) electrons. The van der Waals surface area contributed by atoms with Crippen molar-refractivity contribution in [2.45, 2.75) is 43.5 Å². The van der Waals surface area contributed by atoms with Crippen molar-refractivity contribution < 1.29 is 8.42 Å². The highest BCUT2D eigenvalue weighted by atomic mass is 35.5. The van der Waals surface area contributed by atoms with Crippen LogP contribution in [0, 0.1) is 0 Å². The maximum absolute atomic E-state index is 12.1. The lowest BCUT2D eigenvalue weighted by Crippen LogP contribution is -2.35. The fraction of sp³-hybridized carbons (Fsp3) is 0.538. The van der Waals surface area contributed by atoms with E-state index < -0.39 is 10.0 Å². The van der Waals surface area contributed by atoms with Gasteiger partial charge in [-0.2, -0.15) is 0 Å². The molecule has 0 saturated carbocycles. The van der Waals surface area contributed by atoms with E-state index in [2.05, 4.69) is 11.6 Å². The fourth-order valence-electron chi connectivity index (χ4n) is 1.73. The van der Waals surface area contributed by atoms with E-state index >= 15 is 0 Å². The Kier molecular flexibility index (Phi) is 6.68. The molecule has 18 heavy (non-hydrogen) atoms. The van der Waals surface area contributed by atoms with Gasteiger partial charge >= 0.3 is 0 Å². The van der Waals surface area contributed by atoms with E-state index in [-0.39, 0.29) is 6.04 Å². The van der Waals surface area contributed by atoms with Crippen LogP contribution in [0.2, 0.25) is 0 Å². The summed E-state index contributed by atoms with van der Waals surface area (Å²) in [6.07, 6.45) is 3.54. The largest absolute Gasteiger partial charge is 0.240 e. The van der Waals surface area contributed by atoms with Gasteiger partial charge in [0, 0.05) is 11.9 Å². The van der Waals surface area contributed by atoms with Crippen molar-refractivity contribution in [3.8, 4) is 0 Å². The number of halogens is 1. The molecular formula is C13H20ClNO2S. The van der Waals surface area contributed by atoms with E-state index in [4.69, 9.17) is 11.6 Å². The average Bonchev–Trinajstić information content (AvgIpc) is 2.37. The second-order valence-corrected chi connectivity index (χ2v) is 6.34. The second kappa shape index (κ2) is 7.77. The van der Waals surface area contributed by atoms with Crippen LogP contribution in [0.5, 0.6) is 0 Å². The molecule has 102 valence electrons. The lowest BCUT2D eigenvalue weighted by atomic mass is 10.1. The maximum Gasteiger partial charge on any atom is 0.240 e. The van der Waals surface area contributed by atoms with Gasteiger partial charge in [0.15, 0.2) is 0 Å². The van der Waals surface area contributed by atoms with E-state index in [1.54, 1.807) is 30.3 Å². The Morgan fingerprint density at radius 3 is 2.44 bits per heavy atom. The molecule has 1 unspecified atom stereocenters. The topological polar surface area (TPSA) is 46.2 Å². The highest BCUT2D eigenvalue weighted by molar-refractivity contribution is 7.89. The standard InChI is InChI=1S/C13H20ClNO2S/c1-2-3-7-12(10-11-14)15-18(16,17)13-8-5-4-6-9-13/h4-6,8-9,12,15H,2-3,7,10-11H2,1H3. The monoisotopic (exact) mass is 289 g/mol. The molecule has 3 nitrogen and oxygen atoms in total. The van der Waals surface area contributed by atoms with Crippen molar-refractivity contribution in [2.75, 3.05) is 5.88 Å². The van der Waals surface area contributed by atoms with Gasteiger partial charge < -0.3 is 0 Å². The van der Waals surface area contributed by atoms with Gasteiger partial charge in [0.25, 0.3) is 0 Å². The SMILES string of the molecule is CCCCC(CCCl)NS(=O)(=O)c1ccccc1. The van der Waals surface area contributed by atoms with E-state index in [1.807, 2.05) is 0 Å². The van der Waals surface area contributed by atoms with E-state index in [1.165, 1.54) is 0 Å². The zero-order chi connectivity index (χ0) is 13.4. The minimum atomic E-state index is -3.42. The molecule has 0 fully saturated rings. The molecule has 1 rings (SSSR count). The summed E-state index contributed by atoms with van der Waals surface area (Å²) in [4.78, 5) is 0.307. The predicted octanol–water partition coefficient (Wildman–Crippen LogP) is 3.15. The normalized spacial score (nSPS) is 13.4. The van der Waals surface area contributed by atoms with Crippen molar-refractivity contribution >= 4 is 21.6 Å². The number of hydrogen-bond acceptors (Lipinski definition) is 2. The van der Waals surface area contributed by atoms with Crippen LogP contribution in [-0.4, -0.2) is 20.3 Å². The Labute approximate surface area is 115 Å². The first-order valence-electron chi connectivity index (χ1n) is 6.23. The number of rotatable bonds is 8. The molecule has 1 aromatic rings. The molecule has 0 spiro atoms. The molecule has 0 amide bonds. The van der Waals surface area contributed by atoms with E-state index in [0.29, 0.717) is 17.2 Å². The Balaban J connectivity index is 2.73. The molecule has 0 aliphatic carbocycles. The van der Waals surface area contributed by atoms with Crippen molar-refractivity contribution in [3.63, 3.8) is 0 Å². The Morgan fingerprint density at radius 2 is 1.89 bits per heavy atom. The third kappa shape index (κ3) is 4.96. The molecule has 5 heteroatoms. The van der Waals surface area contributed by atoms with Gasteiger partial charge in [0.1, 0.15) is 0 Å². The lowest BCUT2D eigenvalue weighted by Gasteiger charge is -2.17. The van der Waals surface area contributed by atoms with Gasteiger partial charge in [0.05, 0.1) is 4.90 Å². The van der Waals surface area contributed by atoms with Crippen molar-refractivity contribution in [3.05, 3.63) is 30.3 Å². The Bertz CT molecular complexity index is 434. The number of benzene rings is 1. The first kappa shape index (κ1) is 15.5. The van der Waals surface area contributed by atoms with Crippen molar-refractivity contribution in [1.29, 1.82) is 0 Å². The van der Waals surface area contributed by atoms with Crippen molar-refractivity contribution in [2.24, 2.45) is 0 Å². The summed E-state index contributed by atoms with van der Waals surface area (Å²) in [5.74, 6) is 0.464. The molecule has 1 N–H and O–H groups in total. The average molecular weight is 290 g/mol. The van der Waals surface area contributed by atoms with Gasteiger partial charge in [-0.25, -0.2) is 13.1 Å². The zero-order valence-corrected chi connectivity index (χ0v) is 12.2. The summed E-state index contributed by atoms with van der Waals surface area (Å²) in [6, 6.07) is 8.35. The lowest BCUT2D eigenvalue weighted by molar-refractivity contribution is 0.503. The highest BCUT2D eigenvalue weighted by Crippen LogP contribution is 2.12. The molecule has 0 saturated heterocycles. The van der Waals surface area contributed by atoms with Crippen LogP contribution in [-0.2, 0) is 10.0 Å². The molecular weight excluding hydrogens is 270 g/mol. The first-order valence-corrected chi connectivity index (χ1v) is 8.25. The zero-order valence-electron chi connectivity index (χ0n) is 10.6. The van der Waals surface area contributed by atoms with Crippen LogP contribution < -0.4 is 4.72 Å². The number of hydrogen-bond donors (Lipinski definition) is 1. The van der Waals surface area contributed by atoms with Crippen LogP contribution in [0.15, 0.2) is 35.2 Å². The minimum Gasteiger partial charge on any atom is -0.208 e. The van der Waals surface area contributed by atoms with E-state index in [9.17, 15) is 8.42 Å². The highest BCUT2D eigenvalue weighted by Gasteiger charge is 2.18. The van der Waals surface area contributed by atoms with Gasteiger partial charge in [-0.05, 0) is 25.0 Å². The van der Waals surface area contributed by atoms with Crippen LogP contribution in [0.25, 0.3) is 0 Å². The third-order valence-corrected chi connectivity index (χ3v) is 4.49. The molecule has 0 bridgehead atoms. The number of nitrogens with one attached hydrogen (secondary N) is 1. The summed E-state index contributed by atoms with van der Waals surface area (Å²) >= 11 is 5.72. The second-order valence-electron chi connectivity index (χ2n) is 4.25. The molecule has 1 atom stereocenters. The van der Waals surface area contributed by atoms with Crippen LogP contribution in [0.3, 0.4) is 0 Å². The molecule has 0 aliphatic heterocycles. The summed E-state index contributed by atoms with van der Waals surface area (Å²) in [6.45, 7) is 2.09. The Hall–Kier alpha value is -0.580. The number of alkyl halides is 1. The summed E-state index contributed by atoms with van der Waals surface area (Å²) in [5, 5.41) is 0. The molecule has 0 aromatic heterocycles. The van der Waals surface area contributed by atoms with Gasteiger partial charge in [-0.3, -0.25) is 0 Å². The molecule has 0 heterocycles. The number of unbranched alkanes of at least 4 members (excludes halogenated alkanes) is 1. The van der Waals surface area contributed by atoms with Crippen LogP contribution in [0.4, 0.5) is 0 Å². The van der Waals surface area contributed by atoms with E-state index in [0.717, 1.165) is 19.3 Å². The fourth-order valence-corrected chi connectivity index (χ4v) is 3.32. The summed E-state index contributed by atoms with van der Waals surface area (Å²) in [5.41, 5.74) is 0. The molecule has 0 aliphatic rings. The number of sulfonamides is 1.